The van der Waals surface area contributed by atoms with Crippen LogP contribution in [-0.2, 0) is 17.9 Å². The van der Waals surface area contributed by atoms with Crippen LogP contribution in [0.3, 0.4) is 0 Å². The average molecular weight is 465 g/mol. The zero-order chi connectivity index (χ0) is 22.9. The van der Waals surface area contributed by atoms with Gasteiger partial charge < -0.3 is 9.88 Å². The van der Waals surface area contributed by atoms with Gasteiger partial charge >= 0.3 is 0 Å². The molecular weight excluding hydrogens is 444 g/mol. The fourth-order valence-corrected chi connectivity index (χ4v) is 4.92. The lowest BCUT2D eigenvalue weighted by Gasteiger charge is -2.08. The molecule has 0 saturated carbocycles. The highest BCUT2D eigenvalue weighted by atomic mass is 32.1. The average Bonchev–Trinajstić information content (AvgIpc) is 3.48. The Balaban J connectivity index is 1.20. The van der Waals surface area contributed by atoms with E-state index in [4.69, 9.17) is 9.97 Å². The van der Waals surface area contributed by atoms with Crippen LogP contribution in [0.5, 0.6) is 0 Å². The van der Waals surface area contributed by atoms with Crippen molar-refractivity contribution >= 4 is 50.3 Å². The summed E-state index contributed by atoms with van der Waals surface area (Å²) >= 11 is 1.55. The van der Waals surface area contributed by atoms with Crippen molar-refractivity contribution in [3.05, 3.63) is 84.1 Å². The number of carbonyl (C=O) groups excluding carboxylic acids is 1. The largest absolute Gasteiger partial charge is 0.350 e. The van der Waals surface area contributed by atoms with Gasteiger partial charge in [-0.15, -0.1) is 11.3 Å². The van der Waals surface area contributed by atoms with Crippen molar-refractivity contribution in [2.75, 3.05) is 0 Å². The Hall–Kier alpha value is -4.17. The first kappa shape index (κ1) is 20.4. The van der Waals surface area contributed by atoms with Crippen LogP contribution in [0.15, 0.2) is 78.4 Å². The van der Waals surface area contributed by atoms with Gasteiger partial charge in [0.1, 0.15) is 10.5 Å². The molecule has 7 nitrogen and oxygen atoms in total. The summed E-state index contributed by atoms with van der Waals surface area (Å²) in [5.41, 5.74) is 6.21. The summed E-state index contributed by atoms with van der Waals surface area (Å²) in [6, 6.07) is 19.8. The number of hydrogen-bond donors (Lipinski definition) is 1. The summed E-state index contributed by atoms with van der Waals surface area (Å²) in [4.78, 5) is 31.2. The molecule has 1 N–H and O–H groups in total. The van der Waals surface area contributed by atoms with Crippen LogP contribution in [0.4, 0.5) is 0 Å². The Labute approximate surface area is 199 Å². The van der Waals surface area contributed by atoms with Gasteiger partial charge in [-0.1, -0.05) is 30.3 Å². The second-order valence-corrected chi connectivity index (χ2v) is 8.82. The van der Waals surface area contributed by atoms with Gasteiger partial charge in [0.25, 0.3) is 0 Å². The molecule has 34 heavy (non-hydrogen) atoms. The van der Waals surface area contributed by atoms with E-state index >= 15 is 0 Å². The molecule has 6 rings (SSSR count). The maximum atomic E-state index is 12.7. The SMILES string of the molecule is O=C(CCn1c2ccccc2c2nc3ccccc3nc21)NCc1csc(-c2cccnc2)n1. The number of nitrogens with one attached hydrogen (secondary N) is 1. The van der Waals surface area contributed by atoms with Gasteiger partial charge in [0.15, 0.2) is 5.65 Å². The number of hydrogen-bond acceptors (Lipinski definition) is 6. The summed E-state index contributed by atoms with van der Waals surface area (Å²) < 4.78 is 2.09. The van der Waals surface area contributed by atoms with Crippen LogP contribution >= 0.6 is 11.3 Å². The van der Waals surface area contributed by atoms with Gasteiger partial charge in [0, 0.05) is 41.7 Å². The summed E-state index contributed by atoms with van der Waals surface area (Å²) in [6.07, 6.45) is 3.87. The van der Waals surface area contributed by atoms with Crippen molar-refractivity contribution in [2.24, 2.45) is 0 Å². The van der Waals surface area contributed by atoms with Gasteiger partial charge in [-0.2, -0.15) is 0 Å². The maximum Gasteiger partial charge on any atom is 0.222 e. The third kappa shape index (κ3) is 3.78. The predicted octanol–water partition coefficient (Wildman–Crippen LogP) is 4.96. The molecule has 0 saturated heterocycles. The monoisotopic (exact) mass is 464 g/mol. The van der Waals surface area contributed by atoms with Crippen LogP contribution in [0.2, 0.25) is 0 Å². The summed E-state index contributed by atoms with van der Waals surface area (Å²) in [6.45, 7) is 0.911. The molecule has 0 fully saturated rings. The molecule has 0 bridgehead atoms. The lowest BCUT2D eigenvalue weighted by Crippen LogP contribution is -2.24. The van der Waals surface area contributed by atoms with Gasteiger partial charge in [-0.25, -0.2) is 15.0 Å². The van der Waals surface area contributed by atoms with E-state index in [9.17, 15) is 4.79 Å². The molecule has 4 heterocycles. The van der Waals surface area contributed by atoms with Crippen LogP contribution in [0.25, 0.3) is 43.7 Å². The van der Waals surface area contributed by atoms with E-state index < -0.39 is 0 Å². The third-order valence-electron chi connectivity index (χ3n) is 5.75. The third-order valence-corrected chi connectivity index (χ3v) is 6.69. The number of nitrogens with zero attached hydrogens (tertiary/aromatic N) is 5. The van der Waals surface area contributed by atoms with E-state index in [1.807, 2.05) is 53.9 Å². The van der Waals surface area contributed by atoms with Crippen molar-refractivity contribution in [1.82, 2.24) is 29.8 Å². The molecule has 6 aromatic rings. The van der Waals surface area contributed by atoms with Crippen molar-refractivity contribution in [3.8, 4) is 10.6 Å². The molecule has 0 atom stereocenters. The number of aromatic nitrogens is 5. The van der Waals surface area contributed by atoms with Crippen molar-refractivity contribution in [1.29, 1.82) is 0 Å². The number of fused-ring (bicyclic) bond motifs is 4. The lowest BCUT2D eigenvalue weighted by atomic mass is 10.2. The number of carbonyl (C=O) groups is 1. The smallest absolute Gasteiger partial charge is 0.222 e. The first-order valence-corrected chi connectivity index (χ1v) is 11.9. The van der Waals surface area contributed by atoms with E-state index in [1.165, 1.54) is 0 Å². The highest BCUT2D eigenvalue weighted by Crippen LogP contribution is 2.28. The Kier molecular flexibility index (Phi) is 5.20. The Morgan fingerprint density at radius 1 is 0.941 bits per heavy atom. The Morgan fingerprint density at radius 3 is 2.62 bits per heavy atom. The molecule has 0 spiro atoms. The fraction of sp³-hybridized carbons (Fsp3) is 0.115. The van der Waals surface area contributed by atoms with Gasteiger partial charge in [0.05, 0.1) is 28.8 Å². The number of pyridine rings is 1. The normalized spacial score (nSPS) is 11.4. The predicted molar refractivity (Wildman–Crippen MR) is 134 cm³/mol. The van der Waals surface area contributed by atoms with E-state index in [1.54, 1.807) is 23.7 Å². The minimum atomic E-state index is -0.0318. The quantitative estimate of drug-likeness (QED) is 0.376. The standard InChI is InChI=1S/C26H20N6OS/c33-23(28-15-18-16-34-26(29-18)17-6-5-12-27-14-17)11-13-32-22-10-4-1-7-19(22)24-25(32)31-21-9-3-2-8-20(21)30-24/h1-10,12,14,16H,11,13,15H2,(H,28,33). The van der Waals surface area contributed by atoms with E-state index in [2.05, 4.69) is 32.0 Å². The maximum absolute atomic E-state index is 12.7. The van der Waals surface area contributed by atoms with Gasteiger partial charge in [0.2, 0.25) is 5.91 Å². The van der Waals surface area contributed by atoms with Crippen molar-refractivity contribution in [3.63, 3.8) is 0 Å². The number of aryl methyl sites for hydroxylation is 1. The van der Waals surface area contributed by atoms with Crippen LogP contribution in [0, 0.1) is 0 Å². The van der Waals surface area contributed by atoms with Crippen LogP contribution < -0.4 is 5.32 Å². The first-order valence-electron chi connectivity index (χ1n) is 11.0. The zero-order valence-electron chi connectivity index (χ0n) is 18.2. The van der Waals surface area contributed by atoms with Crippen LogP contribution in [-0.4, -0.2) is 30.4 Å². The molecule has 166 valence electrons. The van der Waals surface area contributed by atoms with E-state index in [-0.39, 0.29) is 5.91 Å². The fourth-order valence-electron chi connectivity index (χ4n) is 4.11. The molecule has 0 aliphatic rings. The minimum Gasteiger partial charge on any atom is -0.350 e. The molecule has 1 amide bonds. The van der Waals surface area contributed by atoms with Crippen LogP contribution in [0.1, 0.15) is 12.1 Å². The minimum absolute atomic E-state index is 0.0318. The molecular formula is C26H20N6OS. The van der Waals surface area contributed by atoms with Crippen molar-refractivity contribution < 1.29 is 4.79 Å². The topological polar surface area (TPSA) is 85.6 Å². The number of thiazole rings is 1. The number of amides is 1. The molecule has 0 aliphatic heterocycles. The van der Waals surface area contributed by atoms with Gasteiger partial charge in [-0.05, 0) is 30.3 Å². The first-order chi connectivity index (χ1) is 16.8. The molecule has 0 aliphatic carbocycles. The number of benzene rings is 2. The second kappa shape index (κ2) is 8.64. The number of para-hydroxylation sites is 3. The Morgan fingerprint density at radius 2 is 1.76 bits per heavy atom. The molecule has 2 aromatic carbocycles. The zero-order valence-corrected chi connectivity index (χ0v) is 19.0. The van der Waals surface area contributed by atoms with E-state index in [0.717, 1.165) is 49.4 Å². The number of rotatable bonds is 6. The highest BCUT2D eigenvalue weighted by molar-refractivity contribution is 7.13. The summed E-state index contributed by atoms with van der Waals surface area (Å²) in [5.74, 6) is -0.0318. The highest BCUT2D eigenvalue weighted by Gasteiger charge is 2.15. The molecule has 0 radical (unpaired) electrons. The van der Waals surface area contributed by atoms with Gasteiger partial charge in [-0.3, -0.25) is 9.78 Å². The molecule has 8 heteroatoms. The Bertz CT molecular complexity index is 1640. The second-order valence-electron chi connectivity index (χ2n) is 7.97. The van der Waals surface area contributed by atoms with E-state index in [0.29, 0.717) is 19.5 Å². The summed E-state index contributed by atoms with van der Waals surface area (Å²) in [7, 11) is 0. The van der Waals surface area contributed by atoms with Crippen molar-refractivity contribution in [2.45, 2.75) is 19.5 Å². The lowest BCUT2D eigenvalue weighted by molar-refractivity contribution is -0.121. The molecule has 0 unspecified atom stereocenters. The summed E-state index contributed by atoms with van der Waals surface area (Å²) in [5, 5.41) is 6.90. The molecule has 4 aromatic heterocycles.